The molecule has 0 saturated heterocycles. The van der Waals surface area contributed by atoms with Crippen molar-refractivity contribution in [1.29, 1.82) is 0 Å². The number of methoxy groups -OCH3 is 1. The number of nitrogens with zero attached hydrogens (tertiary/aromatic N) is 1. The van der Waals surface area contributed by atoms with Gasteiger partial charge in [-0.25, -0.2) is 4.39 Å². The molecule has 1 aliphatic rings. The summed E-state index contributed by atoms with van der Waals surface area (Å²) in [6.07, 6.45) is 0. The zero-order valence-electron chi connectivity index (χ0n) is 12.3. The van der Waals surface area contributed by atoms with Crippen LogP contribution in [-0.4, -0.2) is 23.5 Å². The predicted octanol–water partition coefficient (Wildman–Crippen LogP) is 0.759. The maximum Gasteiger partial charge on any atom is 0.262 e. The molecule has 1 aromatic carbocycles. The summed E-state index contributed by atoms with van der Waals surface area (Å²) >= 11 is 0. The Morgan fingerprint density at radius 1 is 1.17 bits per heavy atom. The lowest BCUT2D eigenvalue weighted by atomic mass is 10.1. The molecule has 0 aliphatic carbocycles. The van der Waals surface area contributed by atoms with Crippen LogP contribution in [0.25, 0.3) is 5.69 Å². The quantitative estimate of drug-likeness (QED) is 0.796. The number of rotatable bonds is 2. The third-order valence-electron chi connectivity index (χ3n) is 3.65. The summed E-state index contributed by atoms with van der Waals surface area (Å²) in [5.41, 5.74) is 5.39. The minimum absolute atomic E-state index is 0.0491. The molecule has 2 amide bonds. The molecular weight excluding hydrogens is 305 g/mol. The fraction of sp³-hybridized carbons (Fsp3) is 0.133. The third-order valence-corrected chi connectivity index (χ3v) is 3.65. The molecule has 0 radical (unpaired) electrons. The second kappa shape index (κ2) is 4.94. The summed E-state index contributed by atoms with van der Waals surface area (Å²) in [5, 5.41) is 2.06. The monoisotopic (exact) mass is 317 g/mol. The van der Waals surface area contributed by atoms with Gasteiger partial charge in [-0.3, -0.25) is 24.3 Å². The highest BCUT2D eigenvalue weighted by atomic mass is 19.1. The topological polar surface area (TPSA) is 103 Å². The van der Waals surface area contributed by atoms with Crippen molar-refractivity contribution in [3.05, 3.63) is 51.1 Å². The number of benzene rings is 1. The lowest BCUT2D eigenvalue weighted by Gasteiger charge is -2.15. The van der Waals surface area contributed by atoms with Gasteiger partial charge in [-0.1, -0.05) is 0 Å². The summed E-state index contributed by atoms with van der Waals surface area (Å²) in [6.45, 7) is 1.54. The van der Waals surface area contributed by atoms with Gasteiger partial charge >= 0.3 is 0 Å². The van der Waals surface area contributed by atoms with E-state index in [1.54, 1.807) is 6.92 Å². The Kier molecular flexibility index (Phi) is 3.17. The van der Waals surface area contributed by atoms with E-state index in [2.05, 4.69) is 5.32 Å². The second-order valence-corrected chi connectivity index (χ2v) is 5.05. The molecule has 2 heterocycles. The molecule has 3 N–H and O–H groups in total. The molecule has 1 aliphatic heterocycles. The molecule has 8 heteroatoms. The Balaban J connectivity index is 2.38. The molecule has 3 rings (SSSR count). The lowest BCUT2D eigenvalue weighted by Crippen LogP contribution is -2.24. The molecule has 0 saturated carbocycles. The highest BCUT2D eigenvalue weighted by molar-refractivity contribution is 6.23. The van der Waals surface area contributed by atoms with E-state index >= 15 is 0 Å². The highest BCUT2D eigenvalue weighted by Crippen LogP contribution is 2.29. The summed E-state index contributed by atoms with van der Waals surface area (Å²) in [6, 6.07) is 3.49. The maximum atomic E-state index is 13.9. The number of nitrogens with one attached hydrogen (secondary N) is 1. The number of aromatic nitrogens is 1. The molecule has 7 nitrogen and oxygen atoms in total. The van der Waals surface area contributed by atoms with Gasteiger partial charge in [0.1, 0.15) is 17.4 Å². The van der Waals surface area contributed by atoms with Crippen molar-refractivity contribution < 1.29 is 18.7 Å². The molecule has 0 bridgehead atoms. The molecule has 0 spiro atoms. The Bertz CT molecular complexity index is 933. The number of amides is 2. The van der Waals surface area contributed by atoms with Crippen molar-refractivity contribution in [2.24, 2.45) is 0 Å². The van der Waals surface area contributed by atoms with Gasteiger partial charge in [0.2, 0.25) is 0 Å². The standard InChI is InChI=1S/C15H12FN3O4/c1-6-3-10(23-2)9(5-8(6)16)19-11(20)4-7-12(13(19)17)15(22)18-14(7)21/h3-5H,17H2,1-2H3,(H,18,21,22). The predicted molar refractivity (Wildman–Crippen MR) is 79.5 cm³/mol. The first-order valence-corrected chi connectivity index (χ1v) is 6.61. The van der Waals surface area contributed by atoms with Crippen molar-refractivity contribution >= 4 is 17.6 Å². The average molecular weight is 317 g/mol. The third kappa shape index (κ3) is 2.07. The van der Waals surface area contributed by atoms with Crippen molar-refractivity contribution in [3.63, 3.8) is 0 Å². The minimum Gasteiger partial charge on any atom is -0.495 e. The van der Waals surface area contributed by atoms with Crippen molar-refractivity contribution in [3.8, 4) is 11.4 Å². The number of pyridine rings is 1. The van der Waals surface area contributed by atoms with Gasteiger partial charge in [0, 0.05) is 12.1 Å². The number of anilines is 1. The Hall–Kier alpha value is -3.16. The van der Waals surface area contributed by atoms with Crippen LogP contribution in [0, 0.1) is 12.7 Å². The summed E-state index contributed by atoms with van der Waals surface area (Å²) in [5.74, 6) is -2.00. The number of imide groups is 1. The van der Waals surface area contributed by atoms with Crippen molar-refractivity contribution in [2.45, 2.75) is 6.92 Å². The van der Waals surface area contributed by atoms with Crippen LogP contribution in [0.4, 0.5) is 10.2 Å². The lowest BCUT2D eigenvalue weighted by molar-refractivity contribution is 0.0880. The van der Waals surface area contributed by atoms with Crippen LogP contribution < -0.4 is 21.3 Å². The van der Waals surface area contributed by atoms with Gasteiger partial charge in [-0.15, -0.1) is 0 Å². The van der Waals surface area contributed by atoms with Gasteiger partial charge in [0.15, 0.2) is 0 Å². The van der Waals surface area contributed by atoms with Crippen molar-refractivity contribution in [1.82, 2.24) is 9.88 Å². The van der Waals surface area contributed by atoms with E-state index < -0.39 is 23.2 Å². The number of aryl methyl sites for hydroxylation is 1. The van der Waals surface area contributed by atoms with Crippen LogP contribution in [0.2, 0.25) is 0 Å². The fourth-order valence-corrected chi connectivity index (χ4v) is 2.51. The summed E-state index contributed by atoms with van der Waals surface area (Å²) in [7, 11) is 1.36. The fourth-order valence-electron chi connectivity index (χ4n) is 2.51. The van der Waals surface area contributed by atoms with Crippen molar-refractivity contribution in [2.75, 3.05) is 12.8 Å². The van der Waals surface area contributed by atoms with Crippen LogP contribution in [0.5, 0.6) is 5.75 Å². The average Bonchev–Trinajstić information content (AvgIpc) is 2.77. The number of carbonyl (C=O) groups excluding carboxylic acids is 2. The number of halogens is 1. The smallest absolute Gasteiger partial charge is 0.262 e. The van der Waals surface area contributed by atoms with Crippen LogP contribution >= 0.6 is 0 Å². The van der Waals surface area contributed by atoms with E-state index in [0.29, 0.717) is 5.56 Å². The van der Waals surface area contributed by atoms with E-state index in [0.717, 1.165) is 16.7 Å². The first-order valence-electron chi connectivity index (χ1n) is 6.61. The molecule has 0 fully saturated rings. The summed E-state index contributed by atoms with van der Waals surface area (Å²) in [4.78, 5) is 35.8. The summed E-state index contributed by atoms with van der Waals surface area (Å²) < 4.78 is 20.0. The maximum absolute atomic E-state index is 13.9. The number of ether oxygens (including phenoxy) is 1. The van der Waals surface area contributed by atoms with E-state index in [-0.39, 0.29) is 28.4 Å². The molecule has 23 heavy (non-hydrogen) atoms. The van der Waals surface area contributed by atoms with Crippen LogP contribution in [0.3, 0.4) is 0 Å². The largest absolute Gasteiger partial charge is 0.495 e. The number of nitrogen functional groups attached to an aromatic ring is 1. The zero-order chi connectivity index (χ0) is 16.9. The molecule has 118 valence electrons. The van der Waals surface area contributed by atoms with Gasteiger partial charge in [-0.2, -0.15) is 0 Å². The van der Waals surface area contributed by atoms with E-state index in [1.165, 1.54) is 13.2 Å². The SMILES string of the molecule is COc1cc(C)c(F)cc1-n1c(N)c2c(cc1=O)C(=O)NC2=O. The molecule has 1 aromatic heterocycles. The normalized spacial score (nSPS) is 13.0. The number of fused-ring (bicyclic) bond motifs is 1. The molecule has 2 aromatic rings. The van der Waals surface area contributed by atoms with Gasteiger partial charge in [0.05, 0.1) is 23.9 Å². The minimum atomic E-state index is -0.706. The number of hydrogen-bond donors (Lipinski definition) is 2. The second-order valence-electron chi connectivity index (χ2n) is 5.05. The molecule has 0 atom stereocenters. The number of carbonyl (C=O) groups is 2. The highest BCUT2D eigenvalue weighted by Gasteiger charge is 2.32. The van der Waals surface area contributed by atoms with Gasteiger partial charge < -0.3 is 10.5 Å². The number of hydrogen-bond acceptors (Lipinski definition) is 5. The van der Waals surface area contributed by atoms with Crippen LogP contribution in [0.1, 0.15) is 26.3 Å². The number of nitrogens with two attached hydrogens (primary N) is 1. The molecule has 0 unspecified atom stereocenters. The van der Waals surface area contributed by atoms with Gasteiger partial charge in [0.25, 0.3) is 17.4 Å². The van der Waals surface area contributed by atoms with Crippen LogP contribution in [-0.2, 0) is 0 Å². The van der Waals surface area contributed by atoms with E-state index in [4.69, 9.17) is 10.5 Å². The molecular formula is C15H12FN3O4. The Labute approximate surface area is 129 Å². The van der Waals surface area contributed by atoms with Gasteiger partial charge in [-0.05, 0) is 18.6 Å². The Morgan fingerprint density at radius 2 is 1.87 bits per heavy atom. The Morgan fingerprint density at radius 3 is 2.52 bits per heavy atom. The zero-order valence-corrected chi connectivity index (χ0v) is 12.3. The van der Waals surface area contributed by atoms with E-state index in [9.17, 15) is 18.8 Å². The van der Waals surface area contributed by atoms with E-state index in [1.807, 2.05) is 0 Å². The first-order chi connectivity index (χ1) is 10.8. The first kappa shape index (κ1) is 14.8. The van der Waals surface area contributed by atoms with Crippen LogP contribution in [0.15, 0.2) is 23.0 Å².